The van der Waals surface area contributed by atoms with E-state index in [1.807, 2.05) is 6.08 Å². The van der Waals surface area contributed by atoms with Crippen molar-refractivity contribution in [3.05, 3.63) is 25.5 Å². The Hall–Kier alpha value is -0.760. The van der Waals surface area contributed by atoms with Gasteiger partial charge in [0.2, 0.25) is 0 Å². The Morgan fingerprint density at radius 3 is 2.09 bits per heavy atom. The molecule has 0 aromatic heterocycles. The van der Waals surface area contributed by atoms with Crippen LogP contribution in [0.5, 0.6) is 0 Å². The van der Waals surface area contributed by atoms with E-state index in [4.69, 9.17) is 4.74 Å². The van der Waals surface area contributed by atoms with E-state index in [1.54, 1.807) is 7.11 Å². The highest BCUT2D eigenvalue weighted by Crippen LogP contribution is 1.72. The van der Waals surface area contributed by atoms with Crippen molar-refractivity contribution in [2.75, 3.05) is 20.3 Å². The standard InChI is InChI=1S/C5H10O2.C4H8/c1-3-7-5-4-6-2;1-3-4-2/h3H,1,4-5H2,2H3;3H,1,4H2,2H3. The highest BCUT2D eigenvalue weighted by molar-refractivity contribution is 4.60. The predicted octanol–water partition coefficient (Wildman–Crippen LogP) is 2.38. The lowest BCUT2D eigenvalue weighted by Crippen LogP contribution is -1.95. The van der Waals surface area contributed by atoms with Crippen LogP contribution in [0, 0.1) is 0 Å². The largest absolute Gasteiger partial charge is 0.499 e. The fourth-order valence-electron chi connectivity index (χ4n) is 0.215. The average molecular weight is 158 g/mol. The monoisotopic (exact) mass is 158 g/mol. The molecule has 0 aliphatic carbocycles. The van der Waals surface area contributed by atoms with E-state index in [1.165, 1.54) is 6.26 Å². The Bertz CT molecular complexity index is 79.6. The Kier molecular flexibility index (Phi) is 18.9. The number of ether oxygens (including phenoxy) is 2. The second-order valence-electron chi connectivity index (χ2n) is 1.73. The predicted molar refractivity (Wildman–Crippen MR) is 48.5 cm³/mol. The molecule has 2 heteroatoms. The molecule has 0 rings (SSSR count). The summed E-state index contributed by atoms with van der Waals surface area (Å²) in [5.41, 5.74) is 0. The molecular weight excluding hydrogens is 140 g/mol. The van der Waals surface area contributed by atoms with E-state index in [9.17, 15) is 0 Å². The third-order valence-electron chi connectivity index (χ3n) is 0.812. The minimum absolute atomic E-state index is 0.597. The molecule has 0 atom stereocenters. The number of hydrogen-bond donors (Lipinski definition) is 0. The van der Waals surface area contributed by atoms with Gasteiger partial charge in [0, 0.05) is 7.11 Å². The van der Waals surface area contributed by atoms with Crippen molar-refractivity contribution >= 4 is 0 Å². The van der Waals surface area contributed by atoms with Crippen molar-refractivity contribution in [3.63, 3.8) is 0 Å². The highest BCUT2D eigenvalue weighted by atomic mass is 16.5. The highest BCUT2D eigenvalue weighted by Gasteiger charge is 1.75. The van der Waals surface area contributed by atoms with Gasteiger partial charge in [0.1, 0.15) is 6.61 Å². The molecule has 0 aliphatic heterocycles. The van der Waals surface area contributed by atoms with Crippen LogP contribution >= 0.6 is 0 Å². The second kappa shape index (κ2) is 16.1. The van der Waals surface area contributed by atoms with Crippen LogP contribution in [0.1, 0.15) is 13.3 Å². The molecular formula is C9H18O2. The number of methoxy groups -OCH3 is 1. The molecule has 0 aromatic carbocycles. The Morgan fingerprint density at radius 2 is 1.82 bits per heavy atom. The maximum Gasteiger partial charge on any atom is 0.111 e. The number of allylic oxidation sites excluding steroid dienone is 1. The van der Waals surface area contributed by atoms with Crippen molar-refractivity contribution < 1.29 is 9.47 Å². The first-order valence-corrected chi connectivity index (χ1v) is 3.65. The molecule has 0 unspecified atom stereocenters. The Morgan fingerprint density at radius 1 is 1.27 bits per heavy atom. The summed E-state index contributed by atoms with van der Waals surface area (Å²) in [6.45, 7) is 10.1. The number of rotatable bonds is 5. The zero-order chi connectivity index (χ0) is 8.95. The van der Waals surface area contributed by atoms with Crippen LogP contribution < -0.4 is 0 Å². The van der Waals surface area contributed by atoms with Crippen molar-refractivity contribution in [2.24, 2.45) is 0 Å². The fourth-order valence-corrected chi connectivity index (χ4v) is 0.215. The summed E-state index contributed by atoms with van der Waals surface area (Å²) in [6.07, 6.45) is 4.36. The first kappa shape index (κ1) is 12.9. The average Bonchev–Trinajstić information content (AvgIpc) is 2.06. The molecule has 66 valence electrons. The lowest BCUT2D eigenvalue weighted by Gasteiger charge is -1.95. The van der Waals surface area contributed by atoms with Crippen molar-refractivity contribution in [3.8, 4) is 0 Å². The molecule has 0 N–H and O–H groups in total. The summed E-state index contributed by atoms with van der Waals surface area (Å²) < 4.78 is 9.38. The van der Waals surface area contributed by atoms with Crippen LogP contribution in [0.4, 0.5) is 0 Å². The summed E-state index contributed by atoms with van der Waals surface area (Å²) >= 11 is 0. The molecule has 0 saturated carbocycles. The minimum atomic E-state index is 0.597. The van der Waals surface area contributed by atoms with Crippen LogP contribution in [0.2, 0.25) is 0 Å². The quantitative estimate of drug-likeness (QED) is 0.347. The van der Waals surface area contributed by atoms with Gasteiger partial charge >= 0.3 is 0 Å². The van der Waals surface area contributed by atoms with Gasteiger partial charge in [-0.2, -0.15) is 0 Å². The van der Waals surface area contributed by atoms with Crippen molar-refractivity contribution in [1.82, 2.24) is 0 Å². The summed E-state index contributed by atoms with van der Waals surface area (Å²) in [7, 11) is 1.63. The molecule has 0 aliphatic rings. The van der Waals surface area contributed by atoms with Gasteiger partial charge in [-0.25, -0.2) is 0 Å². The van der Waals surface area contributed by atoms with Crippen LogP contribution in [0.3, 0.4) is 0 Å². The fraction of sp³-hybridized carbons (Fsp3) is 0.556. The smallest absolute Gasteiger partial charge is 0.111 e. The van der Waals surface area contributed by atoms with Crippen LogP contribution in [0.25, 0.3) is 0 Å². The minimum Gasteiger partial charge on any atom is -0.499 e. The molecule has 0 aromatic rings. The van der Waals surface area contributed by atoms with E-state index in [-0.39, 0.29) is 0 Å². The van der Waals surface area contributed by atoms with Crippen LogP contribution in [-0.2, 0) is 9.47 Å². The lowest BCUT2D eigenvalue weighted by atomic mass is 10.5. The van der Waals surface area contributed by atoms with Crippen molar-refractivity contribution in [1.29, 1.82) is 0 Å². The topological polar surface area (TPSA) is 18.5 Å². The Labute approximate surface area is 69.5 Å². The molecule has 0 amide bonds. The van der Waals surface area contributed by atoms with Crippen molar-refractivity contribution in [2.45, 2.75) is 13.3 Å². The lowest BCUT2D eigenvalue weighted by molar-refractivity contribution is 0.124. The zero-order valence-corrected chi connectivity index (χ0v) is 7.51. The van der Waals surface area contributed by atoms with Gasteiger partial charge in [-0.1, -0.05) is 19.6 Å². The van der Waals surface area contributed by atoms with Gasteiger partial charge in [0.15, 0.2) is 0 Å². The van der Waals surface area contributed by atoms with Gasteiger partial charge in [0.25, 0.3) is 0 Å². The normalized spacial score (nSPS) is 7.45. The SMILES string of the molecule is C=CCC.C=COCCOC. The maximum absolute atomic E-state index is 4.71. The first-order valence-electron chi connectivity index (χ1n) is 3.65. The molecule has 0 bridgehead atoms. The van der Waals surface area contributed by atoms with Gasteiger partial charge in [-0.15, -0.1) is 6.58 Å². The van der Waals surface area contributed by atoms with Crippen LogP contribution in [-0.4, -0.2) is 20.3 Å². The van der Waals surface area contributed by atoms with Gasteiger partial charge in [-0.05, 0) is 6.42 Å². The van der Waals surface area contributed by atoms with Crippen LogP contribution in [0.15, 0.2) is 25.5 Å². The van der Waals surface area contributed by atoms with E-state index < -0.39 is 0 Å². The maximum atomic E-state index is 4.71. The molecule has 0 heterocycles. The summed E-state index contributed by atoms with van der Waals surface area (Å²) in [4.78, 5) is 0. The van der Waals surface area contributed by atoms with E-state index in [0.29, 0.717) is 13.2 Å². The van der Waals surface area contributed by atoms with E-state index in [2.05, 4.69) is 24.8 Å². The number of hydrogen-bond acceptors (Lipinski definition) is 2. The Balaban J connectivity index is 0. The van der Waals surface area contributed by atoms with Gasteiger partial charge in [-0.3, -0.25) is 0 Å². The third kappa shape index (κ3) is 26.9. The molecule has 0 fully saturated rings. The third-order valence-corrected chi connectivity index (χ3v) is 0.812. The summed E-state index contributed by atoms with van der Waals surface area (Å²) in [6, 6.07) is 0. The second-order valence-corrected chi connectivity index (χ2v) is 1.73. The molecule has 0 spiro atoms. The summed E-state index contributed by atoms with van der Waals surface area (Å²) in [5.74, 6) is 0. The zero-order valence-electron chi connectivity index (χ0n) is 7.51. The first-order chi connectivity index (χ1) is 5.33. The molecule has 0 saturated heterocycles. The summed E-state index contributed by atoms with van der Waals surface area (Å²) in [5, 5.41) is 0. The van der Waals surface area contributed by atoms with E-state index in [0.717, 1.165) is 6.42 Å². The molecule has 0 radical (unpaired) electrons. The van der Waals surface area contributed by atoms with Gasteiger partial charge in [0.05, 0.1) is 12.9 Å². The van der Waals surface area contributed by atoms with Gasteiger partial charge < -0.3 is 9.47 Å². The molecule has 2 nitrogen and oxygen atoms in total. The van der Waals surface area contributed by atoms with E-state index >= 15 is 0 Å². The molecule has 11 heavy (non-hydrogen) atoms.